The standard InChI is InChI=1S/C19H27F3N2O3/c1-13-12-23(17(25)27-18(3,4)5)10-11-24(13)14(2)15-6-8-16(9-7-15)26-19(20,21)22/h6-9,13-14H,10-12H2,1-5H3. The zero-order valence-corrected chi connectivity index (χ0v) is 16.3. The molecule has 1 aliphatic heterocycles. The van der Waals surface area contributed by atoms with Gasteiger partial charge >= 0.3 is 12.5 Å². The normalized spacial score (nSPS) is 20.3. The highest BCUT2D eigenvalue weighted by atomic mass is 19.4. The van der Waals surface area contributed by atoms with E-state index in [1.807, 2.05) is 34.6 Å². The van der Waals surface area contributed by atoms with Crippen LogP contribution >= 0.6 is 0 Å². The Hall–Kier alpha value is -1.96. The average Bonchev–Trinajstić information content (AvgIpc) is 2.51. The van der Waals surface area contributed by atoms with Crippen LogP contribution in [-0.2, 0) is 4.74 Å². The molecule has 0 aromatic heterocycles. The van der Waals surface area contributed by atoms with Crippen molar-refractivity contribution in [1.29, 1.82) is 0 Å². The lowest BCUT2D eigenvalue weighted by atomic mass is 10.0. The zero-order chi connectivity index (χ0) is 20.4. The number of ether oxygens (including phenoxy) is 2. The third-order valence-electron chi connectivity index (χ3n) is 4.42. The van der Waals surface area contributed by atoms with Crippen molar-refractivity contribution < 1.29 is 27.4 Å². The van der Waals surface area contributed by atoms with Crippen LogP contribution in [0.15, 0.2) is 24.3 Å². The SMILES string of the molecule is CC1CN(C(=O)OC(C)(C)C)CCN1C(C)c1ccc(OC(F)(F)F)cc1. The predicted octanol–water partition coefficient (Wildman–Crippen LogP) is 4.59. The van der Waals surface area contributed by atoms with Gasteiger partial charge in [0.25, 0.3) is 0 Å². The molecule has 5 nitrogen and oxygen atoms in total. The molecule has 0 spiro atoms. The van der Waals surface area contributed by atoms with E-state index in [2.05, 4.69) is 9.64 Å². The van der Waals surface area contributed by atoms with E-state index in [1.165, 1.54) is 12.1 Å². The predicted molar refractivity (Wildman–Crippen MR) is 95.5 cm³/mol. The van der Waals surface area contributed by atoms with Crippen LogP contribution in [0, 0.1) is 0 Å². The first-order valence-corrected chi connectivity index (χ1v) is 8.95. The molecule has 0 N–H and O–H groups in total. The van der Waals surface area contributed by atoms with Crippen LogP contribution < -0.4 is 4.74 Å². The van der Waals surface area contributed by atoms with E-state index in [1.54, 1.807) is 17.0 Å². The molecule has 1 aromatic rings. The number of halogens is 3. The first kappa shape index (κ1) is 21.3. The lowest BCUT2D eigenvalue weighted by Gasteiger charge is -2.43. The van der Waals surface area contributed by atoms with Gasteiger partial charge in [0.15, 0.2) is 0 Å². The van der Waals surface area contributed by atoms with Crippen molar-refractivity contribution in [3.8, 4) is 5.75 Å². The first-order valence-electron chi connectivity index (χ1n) is 8.95. The van der Waals surface area contributed by atoms with Crippen molar-refractivity contribution in [2.75, 3.05) is 19.6 Å². The van der Waals surface area contributed by atoms with Crippen LogP contribution in [0.1, 0.15) is 46.2 Å². The van der Waals surface area contributed by atoms with Gasteiger partial charge in [0, 0.05) is 31.7 Å². The second-order valence-corrected chi connectivity index (χ2v) is 7.81. The summed E-state index contributed by atoms with van der Waals surface area (Å²) in [5.41, 5.74) is 0.354. The topological polar surface area (TPSA) is 42.0 Å². The van der Waals surface area contributed by atoms with Crippen molar-refractivity contribution >= 4 is 6.09 Å². The molecule has 1 heterocycles. The molecule has 0 aliphatic carbocycles. The van der Waals surface area contributed by atoms with E-state index < -0.39 is 12.0 Å². The first-order chi connectivity index (χ1) is 12.4. The Labute approximate surface area is 158 Å². The number of carbonyl (C=O) groups excluding carboxylic acids is 1. The molecule has 0 saturated carbocycles. The quantitative estimate of drug-likeness (QED) is 0.760. The van der Waals surface area contributed by atoms with E-state index in [9.17, 15) is 18.0 Å². The number of benzene rings is 1. The van der Waals surface area contributed by atoms with Gasteiger partial charge in [0.05, 0.1) is 0 Å². The van der Waals surface area contributed by atoms with Crippen molar-refractivity contribution in [1.82, 2.24) is 9.80 Å². The number of hydrogen-bond donors (Lipinski definition) is 0. The lowest BCUT2D eigenvalue weighted by molar-refractivity contribution is -0.274. The molecule has 0 radical (unpaired) electrons. The van der Waals surface area contributed by atoms with Crippen LogP contribution in [0.25, 0.3) is 0 Å². The number of carbonyl (C=O) groups is 1. The minimum absolute atomic E-state index is 0.000670. The summed E-state index contributed by atoms with van der Waals surface area (Å²) in [6.45, 7) is 11.2. The summed E-state index contributed by atoms with van der Waals surface area (Å²) in [6.07, 6.45) is -5.02. The molecule has 1 saturated heterocycles. The molecule has 1 amide bonds. The molecule has 2 atom stereocenters. The molecule has 1 fully saturated rings. The van der Waals surface area contributed by atoms with Gasteiger partial charge in [0.1, 0.15) is 11.4 Å². The van der Waals surface area contributed by atoms with Crippen molar-refractivity contribution in [3.63, 3.8) is 0 Å². The van der Waals surface area contributed by atoms with E-state index in [0.29, 0.717) is 19.6 Å². The van der Waals surface area contributed by atoms with Gasteiger partial charge in [-0.1, -0.05) is 12.1 Å². The Balaban J connectivity index is 1.98. The fourth-order valence-corrected chi connectivity index (χ4v) is 3.18. The molecule has 152 valence electrons. The fraction of sp³-hybridized carbons (Fsp3) is 0.632. The monoisotopic (exact) mass is 388 g/mol. The highest BCUT2D eigenvalue weighted by Gasteiger charge is 2.33. The third kappa shape index (κ3) is 6.30. The number of hydrogen-bond acceptors (Lipinski definition) is 4. The summed E-state index contributed by atoms with van der Waals surface area (Å²) in [4.78, 5) is 16.2. The molecule has 2 unspecified atom stereocenters. The Morgan fingerprint density at radius 2 is 1.74 bits per heavy atom. The molecule has 1 aliphatic rings. The summed E-state index contributed by atoms with van der Waals surface area (Å²) in [6, 6.07) is 6.01. The maximum atomic E-state index is 12.3. The molecule has 0 bridgehead atoms. The zero-order valence-electron chi connectivity index (χ0n) is 16.3. The van der Waals surface area contributed by atoms with Gasteiger partial charge in [-0.2, -0.15) is 0 Å². The van der Waals surface area contributed by atoms with Gasteiger partial charge in [-0.15, -0.1) is 13.2 Å². The smallest absolute Gasteiger partial charge is 0.444 e. The molecule has 1 aromatic carbocycles. The van der Waals surface area contributed by atoms with Gasteiger partial charge < -0.3 is 14.4 Å². The maximum absolute atomic E-state index is 12.3. The van der Waals surface area contributed by atoms with Gasteiger partial charge in [-0.05, 0) is 52.3 Å². The van der Waals surface area contributed by atoms with Crippen LogP contribution in [-0.4, -0.2) is 53.5 Å². The number of rotatable bonds is 3. The van der Waals surface area contributed by atoms with E-state index in [0.717, 1.165) is 5.56 Å². The van der Waals surface area contributed by atoms with Crippen LogP contribution in [0.4, 0.5) is 18.0 Å². The Morgan fingerprint density at radius 1 is 1.15 bits per heavy atom. The summed E-state index contributed by atoms with van der Waals surface area (Å²) in [5, 5.41) is 0. The second kappa shape index (κ2) is 7.96. The number of amides is 1. The summed E-state index contributed by atoms with van der Waals surface area (Å²) >= 11 is 0. The molecule has 8 heteroatoms. The van der Waals surface area contributed by atoms with Crippen LogP contribution in [0.5, 0.6) is 5.75 Å². The van der Waals surface area contributed by atoms with E-state index >= 15 is 0 Å². The van der Waals surface area contributed by atoms with Gasteiger partial charge in [-0.3, -0.25) is 4.90 Å². The molecule has 2 rings (SSSR count). The van der Waals surface area contributed by atoms with Gasteiger partial charge in [0.2, 0.25) is 0 Å². The number of alkyl halides is 3. The Bertz CT molecular complexity index is 641. The molecular formula is C19H27F3N2O3. The summed E-state index contributed by atoms with van der Waals surface area (Å²) < 4.78 is 46.2. The average molecular weight is 388 g/mol. The molecular weight excluding hydrogens is 361 g/mol. The van der Waals surface area contributed by atoms with Crippen molar-refractivity contribution in [2.24, 2.45) is 0 Å². The minimum Gasteiger partial charge on any atom is -0.444 e. The number of nitrogens with zero attached hydrogens (tertiary/aromatic N) is 2. The van der Waals surface area contributed by atoms with E-state index in [-0.39, 0.29) is 23.9 Å². The lowest BCUT2D eigenvalue weighted by Crippen LogP contribution is -2.54. The third-order valence-corrected chi connectivity index (χ3v) is 4.42. The Morgan fingerprint density at radius 3 is 2.22 bits per heavy atom. The van der Waals surface area contributed by atoms with E-state index in [4.69, 9.17) is 4.74 Å². The fourth-order valence-electron chi connectivity index (χ4n) is 3.18. The van der Waals surface area contributed by atoms with Gasteiger partial charge in [-0.25, -0.2) is 4.79 Å². The van der Waals surface area contributed by atoms with Crippen molar-refractivity contribution in [3.05, 3.63) is 29.8 Å². The second-order valence-electron chi connectivity index (χ2n) is 7.81. The van der Waals surface area contributed by atoms with Crippen LogP contribution in [0.2, 0.25) is 0 Å². The van der Waals surface area contributed by atoms with Crippen molar-refractivity contribution in [2.45, 2.75) is 58.7 Å². The molecule has 27 heavy (non-hydrogen) atoms. The minimum atomic E-state index is -4.69. The summed E-state index contributed by atoms with van der Waals surface area (Å²) in [7, 11) is 0. The highest BCUT2D eigenvalue weighted by molar-refractivity contribution is 5.68. The largest absolute Gasteiger partial charge is 0.573 e. The maximum Gasteiger partial charge on any atom is 0.573 e. The highest BCUT2D eigenvalue weighted by Crippen LogP contribution is 2.29. The Kier molecular flexibility index (Phi) is 6.29. The summed E-state index contributed by atoms with van der Waals surface area (Å²) in [5.74, 6) is -0.235. The number of piperazine rings is 1. The van der Waals surface area contributed by atoms with Crippen LogP contribution in [0.3, 0.4) is 0 Å².